The average molecular weight is 266 g/mol. The van der Waals surface area contributed by atoms with Crippen molar-refractivity contribution >= 4 is 0 Å². The number of nitrogens with zero attached hydrogens (tertiary/aromatic N) is 1. The fourth-order valence-electron chi connectivity index (χ4n) is 3.08. The first-order valence-electron chi connectivity index (χ1n) is 7.07. The molecule has 1 aliphatic heterocycles. The Morgan fingerprint density at radius 1 is 1.47 bits per heavy atom. The van der Waals surface area contributed by atoms with Crippen LogP contribution in [0.5, 0.6) is 5.75 Å². The number of phenolic OH excluding ortho intramolecular Hbond substituents is 1. The van der Waals surface area contributed by atoms with Gasteiger partial charge >= 0.3 is 0 Å². The van der Waals surface area contributed by atoms with E-state index in [-0.39, 0.29) is 11.8 Å². The van der Waals surface area contributed by atoms with Gasteiger partial charge in [-0.15, -0.1) is 0 Å². The minimum absolute atomic E-state index is 0.0459. The van der Waals surface area contributed by atoms with Crippen molar-refractivity contribution < 1.29 is 9.50 Å². The quantitative estimate of drug-likeness (QED) is 0.881. The molecule has 1 aromatic carbocycles. The number of halogens is 1. The van der Waals surface area contributed by atoms with Crippen LogP contribution in [0.3, 0.4) is 0 Å². The van der Waals surface area contributed by atoms with Gasteiger partial charge in [-0.2, -0.15) is 0 Å². The summed E-state index contributed by atoms with van der Waals surface area (Å²) < 4.78 is 13.1. The number of piperidine rings is 1. The molecule has 1 fully saturated rings. The Hall–Kier alpha value is -1.13. The first-order valence-corrected chi connectivity index (χ1v) is 7.07. The number of aromatic hydroxyl groups is 1. The van der Waals surface area contributed by atoms with Gasteiger partial charge in [0.15, 0.2) is 0 Å². The normalized spacial score (nSPS) is 22.4. The minimum atomic E-state index is -0.398. The third kappa shape index (κ3) is 3.25. The average Bonchev–Trinajstić information content (AvgIpc) is 2.39. The molecule has 1 saturated heterocycles. The van der Waals surface area contributed by atoms with Crippen molar-refractivity contribution in [2.24, 2.45) is 5.73 Å². The van der Waals surface area contributed by atoms with Gasteiger partial charge in [-0.3, -0.25) is 4.90 Å². The predicted octanol–water partition coefficient (Wildman–Crippen LogP) is 2.80. The summed E-state index contributed by atoms with van der Waals surface area (Å²) in [5.41, 5.74) is 6.48. The van der Waals surface area contributed by atoms with Crippen LogP contribution in [0, 0.1) is 5.82 Å². The Bertz CT molecular complexity index is 423. The smallest absolute Gasteiger partial charge is 0.126 e. The van der Waals surface area contributed by atoms with Crippen LogP contribution < -0.4 is 5.73 Å². The Morgan fingerprint density at radius 2 is 2.26 bits per heavy atom. The molecule has 1 aliphatic rings. The topological polar surface area (TPSA) is 49.5 Å². The van der Waals surface area contributed by atoms with Crippen molar-refractivity contribution in [2.75, 3.05) is 13.1 Å². The zero-order chi connectivity index (χ0) is 13.8. The molecule has 2 rings (SSSR count). The maximum atomic E-state index is 13.1. The van der Waals surface area contributed by atoms with E-state index in [1.54, 1.807) is 6.07 Å². The van der Waals surface area contributed by atoms with Crippen LogP contribution >= 0.6 is 0 Å². The summed E-state index contributed by atoms with van der Waals surface area (Å²) in [7, 11) is 0. The zero-order valence-electron chi connectivity index (χ0n) is 11.5. The second-order valence-electron chi connectivity index (χ2n) is 5.34. The Morgan fingerprint density at radius 3 is 2.95 bits per heavy atom. The van der Waals surface area contributed by atoms with Gasteiger partial charge in [0.05, 0.1) is 0 Å². The van der Waals surface area contributed by atoms with E-state index in [9.17, 15) is 9.50 Å². The Labute approximate surface area is 114 Å². The minimum Gasteiger partial charge on any atom is -0.508 e. The largest absolute Gasteiger partial charge is 0.508 e. The van der Waals surface area contributed by atoms with Crippen molar-refractivity contribution in [3.05, 3.63) is 29.6 Å². The van der Waals surface area contributed by atoms with Gasteiger partial charge in [-0.25, -0.2) is 4.39 Å². The number of rotatable bonds is 4. The van der Waals surface area contributed by atoms with Crippen molar-refractivity contribution in [3.8, 4) is 5.75 Å². The molecule has 3 nitrogen and oxygen atoms in total. The van der Waals surface area contributed by atoms with E-state index >= 15 is 0 Å². The van der Waals surface area contributed by atoms with Crippen LogP contribution in [0.15, 0.2) is 18.2 Å². The first-order chi connectivity index (χ1) is 9.13. The molecule has 2 unspecified atom stereocenters. The van der Waals surface area contributed by atoms with Gasteiger partial charge in [-0.05, 0) is 45.3 Å². The lowest BCUT2D eigenvalue weighted by Crippen LogP contribution is -2.42. The number of likely N-dealkylation sites (tertiary alicyclic amines) is 1. The highest BCUT2D eigenvalue weighted by molar-refractivity contribution is 5.35. The molecule has 0 spiro atoms. The molecule has 2 atom stereocenters. The first kappa shape index (κ1) is 14.3. The lowest BCUT2D eigenvalue weighted by atomic mass is 9.95. The molecule has 1 aromatic rings. The number of hydrogen-bond acceptors (Lipinski definition) is 3. The van der Waals surface area contributed by atoms with Gasteiger partial charge in [0, 0.05) is 23.7 Å². The summed E-state index contributed by atoms with van der Waals surface area (Å²) in [4.78, 5) is 2.39. The molecule has 0 radical (unpaired) electrons. The number of nitrogens with two attached hydrogens (primary N) is 1. The van der Waals surface area contributed by atoms with Gasteiger partial charge in [-0.1, -0.05) is 12.5 Å². The molecule has 4 heteroatoms. The van der Waals surface area contributed by atoms with Gasteiger partial charge in [0.25, 0.3) is 0 Å². The molecule has 3 N–H and O–H groups in total. The molecule has 106 valence electrons. The van der Waals surface area contributed by atoms with Crippen LogP contribution in [-0.2, 0) is 0 Å². The van der Waals surface area contributed by atoms with Crippen LogP contribution in [0.1, 0.15) is 44.2 Å². The van der Waals surface area contributed by atoms with E-state index in [1.807, 2.05) is 0 Å². The van der Waals surface area contributed by atoms with Crippen LogP contribution in [0.25, 0.3) is 0 Å². The fourth-order valence-corrected chi connectivity index (χ4v) is 3.08. The van der Waals surface area contributed by atoms with Gasteiger partial charge < -0.3 is 10.8 Å². The van der Waals surface area contributed by atoms with E-state index in [4.69, 9.17) is 5.73 Å². The highest BCUT2D eigenvalue weighted by atomic mass is 19.1. The summed E-state index contributed by atoms with van der Waals surface area (Å²) in [5, 5.41) is 9.92. The second-order valence-corrected chi connectivity index (χ2v) is 5.34. The molecule has 0 aliphatic carbocycles. The standard InChI is InChI=1S/C15H23FN2O/c1-11(14-6-5-12(16)10-15(14)19)18-9-3-2-4-13(18)7-8-17/h5-6,10-11,13,19H,2-4,7-9,17H2,1H3. The third-order valence-corrected chi connectivity index (χ3v) is 4.11. The summed E-state index contributed by atoms with van der Waals surface area (Å²) in [6, 6.07) is 4.85. The van der Waals surface area contributed by atoms with E-state index in [1.165, 1.54) is 25.0 Å². The van der Waals surface area contributed by atoms with E-state index in [0.717, 1.165) is 24.9 Å². The lowest BCUT2D eigenvalue weighted by molar-refractivity contribution is 0.0970. The summed E-state index contributed by atoms with van der Waals surface area (Å²) in [5.74, 6) is -0.352. The molecule has 0 bridgehead atoms. The van der Waals surface area contributed by atoms with Gasteiger partial charge in [0.1, 0.15) is 11.6 Å². The Balaban J connectivity index is 2.18. The SMILES string of the molecule is CC(c1ccc(F)cc1O)N1CCCCC1CCN. The summed E-state index contributed by atoms with van der Waals surface area (Å²) >= 11 is 0. The third-order valence-electron chi connectivity index (χ3n) is 4.11. The van der Waals surface area contributed by atoms with Crippen molar-refractivity contribution in [3.63, 3.8) is 0 Å². The zero-order valence-corrected chi connectivity index (χ0v) is 11.5. The number of phenols is 1. The van der Waals surface area contributed by atoms with E-state index in [0.29, 0.717) is 12.6 Å². The molecular formula is C15H23FN2O. The molecular weight excluding hydrogens is 243 g/mol. The van der Waals surface area contributed by atoms with Crippen molar-refractivity contribution in [2.45, 2.75) is 44.7 Å². The van der Waals surface area contributed by atoms with E-state index in [2.05, 4.69) is 11.8 Å². The number of benzene rings is 1. The summed E-state index contributed by atoms with van der Waals surface area (Å²) in [6.07, 6.45) is 4.55. The van der Waals surface area contributed by atoms with Crippen LogP contribution in [0.4, 0.5) is 4.39 Å². The van der Waals surface area contributed by atoms with Crippen LogP contribution in [0.2, 0.25) is 0 Å². The van der Waals surface area contributed by atoms with E-state index < -0.39 is 5.82 Å². The maximum Gasteiger partial charge on any atom is 0.126 e. The molecule has 1 heterocycles. The fraction of sp³-hybridized carbons (Fsp3) is 0.600. The molecule has 0 saturated carbocycles. The second kappa shape index (κ2) is 6.35. The highest BCUT2D eigenvalue weighted by Gasteiger charge is 2.27. The molecule has 19 heavy (non-hydrogen) atoms. The number of hydrogen-bond donors (Lipinski definition) is 2. The maximum absolute atomic E-state index is 13.1. The summed E-state index contributed by atoms with van der Waals surface area (Å²) in [6.45, 7) is 3.77. The Kier molecular flexibility index (Phi) is 4.77. The molecule has 0 amide bonds. The van der Waals surface area contributed by atoms with Crippen molar-refractivity contribution in [1.29, 1.82) is 0 Å². The monoisotopic (exact) mass is 266 g/mol. The van der Waals surface area contributed by atoms with Crippen molar-refractivity contribution in [1.82, 2.24) is 4.90 Å². The lowest BCUT2D eigenvalue weighted by Gasteiger charge is -2.40. The highest BCUT2D eigenvalue weighted by Crippen LogP contribution is 2.33. The van der Waals surface area contributed by atoms with Crippen LogP contribution in [-0.4, -0.2) is 29.1 Å². The predicted molar refractivity (Wildman–Crippen MR) is 74.5 cm³/mol. The van der Waals surface area contributed by atoms with Gasteiger partial charge in [0.2, 0.25) is 0 Å². The molecule has 0 aromatic heterocycles.